The van der Waals surface area contributed by atoms with E-state index in [1.54, 1.807) is 24.3 Å². The molecule has 0 heterocycles. The molecule has 0 aliphatic carbocycles. The average molecular weight is 404 g/mol. The van der Waals surface area contributed by atoms with Gasteiger partial charge in [0, 0.05) is 16.1 Å². The molecule has 1 N–H and O–H groups in total. The monoisotopic (exact) mass is 403 g/mol. The zero-order chi connectivity index (χ0) is 19.4. The Hall–Kier alpha value is -2.88. The summed E-state index contributed by atoms with van der Waals surface area (Å²) in [5, 5.41) is 0.186. The van der Waals surface area contributed by atoms with Crippen LogP contribution in [0.1, 0.15) is 11.1 Å². The number of sulfonamides is 1. The molecular formula is C20H12ClF2NO2S. The Morgan fingerprint density at radius 1 is 0.815 bits per heavy atom. The maximum atomic E-state index is 14.3. The van der Waals surface area contributed by atoms with Gasteiger partial charge in [-0.1, -0.05) is 47.7 Å². The number of halogens is 3. The van der Waals surface area contributed by atoms with Crippen LogP contribution in [0.3, 0.4) is 0 Å². The molecule has 27 heavy (non-hydrogen) atoms. The van der Waals surface area contributed by atoms with Crippen LogP contribution in [0, 0.1) is 23.5 Å². The molecule has 0 aromatic heterocycles. The SMILES string of the molecule is O=S(=O)(Nc1c(F)cc(C#Cc2ccccc2)cc1F)c1cccc(Cl)c1. The van der Waals surface area contributed by atoms with Crippen LogP contribution in [0.15, 0.2) is 71.6 Å². The summed E-state index contributed by atoms with van der Waals surface area (Å²) in [7, 11) is -4.20. The molecule has 0 saturated carbocycles. The van der Waals surface area contributed by atoms with Crippen molar-refractivity contribution in [2.45, 2.75) is 4.90 Å². The maximum Gasteiger partial charge on any atom is 0.262 e. The largest absolute Gasteiger partial charge is 0.274 e. The minimum atomic E-state index is -4.20. The van der Waals surface area contributed by atoms with Crippen molar-refractivity contribution in [2.24, 2.45) is 0 Å². The Bertz CT molecular complexity index is 1130. The van der Waals surface area contributed by atoms with E-state index in [1.165, 1.54) is 24.3 Å². The van der Waals surface area contributed by atoms with Gasteiger partial charge in [0.2, 0.25) is 0 Å². The van der Waals surface area contributed by atoms with Gasteiger partial charge in [0.1, 0.15) is 5.69 Å². The third-order valence-corrected chi connectivity index (χ3v) is 5.09. The van der Waals surface area contributed by atoms with Crippen molar-refractivity contribution in [3.63, 3.8) is 0 Å². The highest BCUT2D eigenvalue weighted by molar-refractivity contribution is 7.92. The summed E-state index contributed by atoms with van der Waals surface area (Å²) in [6.45, 7) is 0. The lowest BCUT2D eigenvalue weighted by Gasteiger charge is -2.10. The van der Waals surface area contributed by atoms with E-state index >= 15 is 0 Å². The first kappa shape index (κ1) is 18.9. The van der Waals surface area contributed by atoms with Crippen molar-refractivity contribution >= 4 is 27.3 Å². The molecule has 7 heteroatoms. The van der Waals surface area contributed by atoms with Crippen LogP contribution >= 0.6 is 11.6 Å². The molecular weight excluding hydrogens is 392 g/mol. The van der Waals surface area contributed by atoms with Crippen molar-refractivity contribution in [1.82, 2.24) is 0 Å². The van der Waals surface area contributed by atoms with Crippen molar-refractivity contribution in [2.75, 3.05) is 4.72 Å². The van der Waals surface area contributed by atoms with Crippen LogP contribution in [-0.4, -0.2) is 8.42 Å². The molecule has 0 radical (unpaired) electrons. The highest BCUT2D eigenvalue weighted by Crippen LogP contribution is 2.25. The fraction of sp³-hybridized carbons (Fsp3) is 0. The predicted octanol–water partition coefficient (Wildman–Crippen LogP) is 4.82. The summed E-state index contributed by atoms with van der Waals surface area (Å²) < 4.78 is 55.2. The Balaban J connectivity index is 1.91. The second-order valence-electron chi connectivity index (χ2n) is 5.49. The van der Waals surface area contributed by atoms with Gasteiger partial charge < -0.3 is 0 Å². The minimum Gasteiger partial charge on any atom is -0.274 e. The Morgan fingerprint density at radius 3 is 2.07 bits per heavy atom. The molecule has 0 spiro atoms. The number of rotatable bonds is 3. The average Bonchev–Trinajstić information content (AvgIpc) is 2.64. The molecule has 0 bridgehead atoms. The molecule has 136 valence electrons. The molecule has 0 saturated heterocycles. The second kappa shape index (κ2) is 7.78. The standard InChI is InChI=1S/C20H12ClF2NO2S/c21-16-7-4-8-17(13-16)27(25,26)24-20-18(22)11-15(12-19(20)23)10-9-14-5-2-1-3-6-14/h1-8,11-13,24H. The fourth-order valence-corrected chi connectivity index (χ4v) is 3.61. The number of benzene rings is 3. The van der Waals surface area contributed by atoms with Crippen LogP contribution in [0.5, 0.6) is 0 Å². The number of hydrogen-bond acceptors (Lipinski definition) is 2. The molecule has 3 rings (SSSR count). The molecule has 3 nitrogen and oxygen atoms in total. The molecule has 0 amide bonds. The van der Waals surface area contributed by atoms with Crippen LogP contribution in [0.4, 0.5) is 14.5 Å². The molecule has 3 aromatic rings. The molecule has 0 unspecified atom stereocenters. The maximum absolute atomic E-state index is 14.3. The highest BCUT2D eigenvalue weighted by Gasteiger charge is 2.20. The van der Waals surface area contributed by atoms with Crippen LogP contribution in [0.2, 0.25) is 5.02 Å². The van der Waals surface area contributed by atoms with E-state index in [0.29, 0.717) is 5.56 Å². The fourth-order valence-electron chi connectivity index (χ4n) is 2.24. The normalized spacial score (nSPS) is 10.8. The summed E-state index contributed by atoms with van der Waals surface area (Å²) in [6, 6.07) is 16.2. The van der Waals surface area contributed by atoms with E-state index in [-0.39, 0.29) is 15.5 Å². The number of hydrogen-bond donors (Lipinski definition) is 1. The molecule has 0 atom stereocenters. The molecule has 0 fully saturated rings. The van der Waals surface area contributed by atoms with Gasteiger partial charge in [-0.25, -0.2) is 17.2 Å². The van der Waals surface area contributed by atoms with Crippen molar-refractivity contribution in [3.8, 4) is 11.8 Å². The van der Waals surface area contributed by atoms with Crippen molar-refractivity contribution in [3.05, 3.63) is 94.5 Å². The van der Waals surface area contributed by atoms with Gasteiger partial charge in [-0.15, -0.1) is 0 Å². The predicted molar refractivity (Wildman–Crippen MR) is 101 cm³/mol. The summed E-state index contributed by atoms with van der Waals surface area (Å²) in [4.78, 5) is -0.207. The second-order valence-corrected chi connectivity index (χ2v) is 7.61. The molecule has 3 aromatic carbocycles. The highest BCUT2D eigenvalue weighted by atomic mass is 35.5. The zero-order valence-electron chi connectivity index (χ0n) is 13.7. The van der Waals surface area contributed by atoms with E-state index < -0.39 is 27.3 Å². The third-order valence-electron chi connectivity index (χ3n) is 3.51. The van der Waals surface area contributed by atoms with Gasteiger partial charge >= 0.3 is 0 Å². The first-order valence-electron chi connectivity index (χ1n) is 7.70. The Kier molecular flexibility index (Phi) is 5.45. The minimum absolute atomic E-state index is 0.0829. The first-order valence-corrected chi connectivity index (χ1v) is 9.56. The smallest absolute Gasteiger partial charge is 0.262 e. The van der Waals surface area contributed by atoms with Crippen LogP contribution in [-0.2, 0) is 10.0 Å². The lowest BCUT2D eigenvalue weighted by atomic mass is 10.1. The third kappa shape index (κ3) is 4.64. The van der Waals surface area contributed by atoms with Gasteiger partial charge in [-0.05, 0) is 42.5 Å². The van der Waals surface area contributed by atoms with E-state index in [4.69, 9.17) is 11.6 Å². The quantitative estimate of drug-likeness (QED) is 0.637. The summed E-state index contributed by atoms with van der Waals surface area (Å²) >= 11 is 5.77. The van der Waals surface area contributed by atoms with E-state index in [9.17, 15) is 17.2 Å². The molecule has 0 aliphatic rings. The summed E-state index contributed by atoms with van der Waals surface area (Å²) in [5.74, 6) is 3.28. The summed E-state index contributed by atoms with van der Waals surface area (Å²) in [6.07, 6.45) is 0. The Labute approximate surface area is 160 Å². The Morgan fingerprint density at radius 2 is 1.44 bits per heavy atom. The number of anilines is 1. The topological polar surface area (TPSA) is 46.2 Å². The number of nitrogens with one attached hydrogen (secondary N) is 1. The van der Waals surface area contributed by atoms with Crippen molar-refractivity contribution in [1.29, 1.82) is 0 Å². The zero-order valence-corrected chi connectivity index (χ0v) is 15.3. The van der Waals surface area contributed by atoms with Crippen molar-refractivity contribution < 1.29 is 17.2 Å². The lowest BCUT2D eigenvalue weighted by molar-refractivity contribution is 0.582. The van der Waals surface area contributed by atoms with Gasteiger partial charge in [0.05, 0.1) is 4.90 Å². The van der Waals surface area contributed by atoms with E-state index in [1.807, 2.05) is 10.8 Å². The lowest BCUT2D eigenvalue weighted by Crippen LogP contribution is -2.15. The van der Waals surface area contributed by atoms with Gasteiger partial charge in [-0.3, -0.25) is 4.72 Å². The van der Waals surface area contributed by atoms with Gasteiger partial charge in [0.25, 0.3) is 10.0 Å². The first-order chi connectivity index (χ1) is 12.8. The van der Waals surface area contributed by atoms with E-state index in [2.05, 4.69) is 11.8 Å². The molecule has 0 aliphatic heterocycles. The van der Waals surface area contributed by atoms with Crippen LogP contribution in [0.25, 0.3) is 0 Å². The van der Waals surface area contributed by atoms with E-state index in [0.717, 1.165) is 12.1 Å². The van der Waals surface area contributed by atoms with Gasteiger partial charge in [0.15, 0.2) is 11.6 Å². The van der Waals surface area contributed by atoms with Gasteiger partial charge in [-0.2, -0.15) is 0 Å². The summed E-state index contributed by atoms with van der Waals surface area (Å²) in [5.41, 5.74) is -0.0103. The van der Waals surface area contributed by atoms with Crippen LogP contribution < -0.4 is 4.72 Å².